The fourth-order valence-electron chi connectivity index (χ4n) is 5.13. The average Bonchev–Trinajstić information content (AvgIpc) is 2.94. The molecule has 0 aromatic heterocycles. The molecule has 0 saturated carbocycles. The molecule has 1 fully saturated rings. The van der Waals surface area contributed by atoms with Crippen molar-refractivity contribution >= 4 is 5.97 Å². The van der Waals surface area contributed by atoms with Crippen molar-refractivity contribution in [3.8, 4) is 0 Å². The standard InChI is InChI=1S/C33H52O10/c1-9-23-17-20(3)25(35)13-11-10-12-24(18-40-8)31(39)41-26(22(5)34)15-14-19(2)16-21(4)29(23)42-32-28(37)27(36)30(38)33(6,7)43-32/h10-12,14,16-17,22-23,25-30,32,34-38H,9,13,15,18H2,1-8H3/t22-,23+,25+,26+,27-,28+,29+,30+,32-/m1/s1. The second-order valence-corrected chi connectivity index (χ2v) is 12.1. The minimum absolute atomic E-state index is 0.0279. The molecule has 2 aliphatic rings. The van der Waals surface area contributed by atoms with Crippen molar-refractivity contribution in [2.75, 3.05) is 13.7 Å². The Morgan fingerprint density at radius 1 is 1.07 bits per heavy atom. The summed E-state index contributed by atoms with van der Waals surface area (Å²) in [6.45, 7) is 12.4. The number of hydrogen-bond donors (Lipinski definition) is 5. The Morgan fingerprint density at radius 2 is 1.74 bits per heavy atom. The molecule has 0 amide bonds. The van der Waals surface area contributed by atoms with Crippen LogP contribution in [0, 0.1) is 5.92 Å². The Labute approximate surface area is 256 Å². The van der Waals surface area contributed by atoms with Crippen LogP contribution in [0.4, 0.5) is 0 Å². The summed E-state index contributed by atoms with van der Waals surface area (Å²) in [6.07, 6.45) is 3.18. The van der Waals surface area contributed by atoms with E-state index in [-0.39, 0.29) is 30.9 Å². The van der Waals surface area contributed by atoms with Crippen LogP contribution in [-0.2, 0) is 23.7 Å². The minimum atomic E-state index is -1.49. The SMILES string of the molecule is CC[C@H]1C=C(C)[C@@H](O)CC=CC=C(COC)C(=O)O[C@H]([C@@H](C)O)CC=C(C)C=C(C)[C@@H]1O[C@@H]1OC(C)(C)[C@@H](O)[C@H](O)[C@@H]1O. The largest absolute Gasteiger partial charge is 0.456 e. The zero-order valence-corrected chi connectivity index (χ0v) is 26.8. The molecule has 0 aromatic carbocycles. The smallest absolute Gasteiger partial charge is 0.336 e. The van der Waals surface area contributed by atoms with Gasteiger partial charge in [0.05, 0.1) is 36.1 Å². The molecule has 9 atom stereocenters. The monoisotopic (exact) mass is 608 g/mol. The third-order valence-corrected chi connectivity index (χ3v) is 7.96. The van der Waals surface area contributed by atoms with Crippen LogP contribution in [0.25, 0.3) is 0 Å². The van der Waals surface area contributed by atoms with E-state index in [0.717, 1.165) is 11.1 Å². The Kier molecular flexibility index (Phi) is 14.5. The quantitative estimate of drug-likeness (QED) is 0.224. The lowest BCUT2D eigenvalue weighted by molar-refractivity contribution is -0.331. The lowest BCUT2D eigenvalue weighted by atomic mass is 9.88. The average molecular weight is 609 g/mol. The summed E-state index contributed by atoms with van der Waals surface area (Å²) < 4.78 is 23.1. The summed E-state index contributed by atoms with van der Waals surface area (Å²) in [5.41, 5.74) is 1.43. The zero-order chi connectivity index (χ0) is 32.5. The van der Waals surface area contributed by atoms with Crippen LogP contribution in [0.15, 0.2) is 58.7 Å². The molecule has 2 aliphatic heterocycles. The van der Waals surface area contributed by atoms with Gasteiger partial charge in [-0.25, -0.2) is 4.79 Å². The van der Waals surface area contributed by atoms with E-state index in [9.17, 15) is 30.3 Å². The Hall–Kier alpha value is -2.15. The molecule has 1 saturated heterocycles. The number of carbonyl (C=O) groups is 1. The van der Waals surface area contributed by atoms with Crippen molar-refractivity contribution in [1.29, 1.82) is 0 Å². The fraction of sp³-hybridized carbons (Fsp3) is 0.667. The van der Waals surface area contributed by atoms with Crippen LogP contribution in [-0.4, -0.2) is 99.8 Å². The summed E-state index contributed by atoms with van der Waals surface area (Å²) in [6, 6.07) is 0. The van der Waals surface area contributed by atoms with Gasteiger partial charge in [0.15, 0.2) is 6.29 Å². The molecular weight excluding hydrogens is 556 g/mol. The molecule has 0 aromatic rings. The van der Waals surface area contributed by atoms with E-state index in [1.165, 1.54) is 7.11 Å². The van der Waals surface area contributed by atoms with Crippen LogP contribution in [0.5, 0.6) is 0 Å². The number of ether oxygens (including phenoxy) is 4. The Balaban J connectivity index is 2.57. The van der Waals surface area contributed by atoms with Gasteiger partial charge in [0, 0.05) is 19.4 Å². The van der Waals surface area contributed by atoms with Crippen molar-refractivity contribution in [3.63, 3.8) is 0 Å². The Bertz CT molecular complexity index is 1070. The highest BCUT2D eigenvalue weighted by molar-refractivity contribution is 5.89. The molecule has 244 valence electrons. The van der Waals surface area contributed by atoms with E-state index >= 15 is 0 Å². The molecule has 0 aliphatic carbocycles. The van der Waals surface area contributed by atoms with Crippen molar-refractivity contribution in [3.05, 3.63) is 58.7 Å². The maximum atomic E-state index is 12.9. The van der Waals surface area contributed by atoms with Crippen molar-refractivity contribution < 1.29 is 49.3 Å². The van der Waals surface area contributed by atoms with Crippen molar-refractivity contribution in [2.24, 2.45) is 5.92 Å². The molecule has 2 heterocycles. The summed E-state index contributed by atoms with van der Waals surface area (Å²) >= 11 is 0. The molecule has 10 nitrogen and oxygen atoms in total. The number of esters is 1. The Morgan fingerprint density at radius 3 is 2.35 bits per heavy atom. The molecule has 0 bridgehead atoms. The molecule has 2 rings (SSSR count). The summed E-state index contributed by atoms with van der Waals surface area (Å²) in [4.78, 5) is 12.9. The van der Waals surface area contributed by atoms with Gasteiger partial charge in [-0.05, 0) is 71.6 Å². The lowest BCUT2D eigenvalue weighted by Crippen LogP contribution is -2.63. The van der Waals surface area contributed by atoms with Gasteiger partial charge in [0.25, 0.3) is 0 Å². The van der Waals surface area contributed by atoms with Crippen molar-refractivity contribution in [1.82, 2.24) is 0 Å². The number of cyclic esters (lactones) is 1. The highest BCUT2D eigenvalue weighted by Crippen LogP contribution is 2.34. The first-order valence-corrected chi connectivity index (χ1v) is 14.9. The zero-order valence-electron chi connectivity index (χ0n) is 26.8. The predicted molar refractivity (Wildman–Crippen MR) is 163 cm³/mol. The van der Waals surface area contributed by atoms with Crippen molar-refractivity contribution in [2.45, 2.75) is 122 Å². The summed E-state index contributed by atoms with van der Waals surface area (Å²) in [5, 5.41) is 52.9. The van der Waals surface area contributed by atoms with Crippen LogP contribution in [0.1, 0.15) is 67.7 Å². The first-order valence-electron chi connectivity index (χ1n) is 14.9. The fourth-order valence-corrected chi connectivity index (χ4v) is 5.13. The minimum Gasteiger partial charge on any atom is -0.456 e. The normalized spacial score (nSPS) is 34.1. The van der Waals surface area contributed by atoms with Gasteiger partial charge in [-0.2, -0.15) is 0 Å². The highest BCUT2D eigenvalue weighted by atomic mass is 16.7. The predicted octanol–water partition coefficient (Wildman–Crippen LogP) is 3.03. The maximum absolute atomic E-state index is 12.9. The number of rotatable bonds is 6. The van der Waals surface area contributed by atoms with Gasteiger partial charge in [-0.15, -0.1) is 0 Å². The maximum Gasteiger partial charge on any atom is 0.336 e. The van der Waals surface area contributed by atoms with Gasteiger partial charge < -0.3 is 44.5 Å². The van der Waals surface area contributed by atoms with E-state index in [4.69, 9.17) is 18.9 Å². The lowest BCUT2D eigenvalue weighted by Gasteiger charge is -2.46. The number of methoxy groups -OCH3 is 1. The van der Waals surface area contributed by atoms with Gasteiger partial charge in [0.1, 0.15) is 24.4 Å². The second-order valence-electron chi connectivity index (χ2n) is 12.1. The summed E-state index contributed by atoms with van der Waals surface area (Å²) in [5.74, 6) is -0.850. The van der Waals surface area contributed by atoms with Gasteiger partial charge in [-0.3, -0.25) is 0 Å². The number of hydrogen-bond acceptors (Lipinski definition) is 10. The molecule has 0 spiro atoms. The van der Waals surface area contributed by atoms with Gasteiger partial charge in [-0.1, -0.05) is 42.9 Å². The van der Waals surface area contributed by atoms with E-state index < -0.39 is 60.6 Å². The molecule has 5 N–H and O–H groups in total. The number of carbonyl (C=O) groups excluding carboxylic acids is 1. The first-order chi connectivity index (χ1) is 20.1. The number of allylic oxidation sites excluding steroid dienone is 4. The molecular formula is C33H52O10. The number of aliphatic hydroxyl groups is 5. The second kappa shape index (κ2) is 16.8. The molecule has 43 heavy (non-hydrogen) atoms. The highest BCUT2D eigenvalue weighted by Gasteiger charge is 2.49. The summed E-state index contributed by atoms with van der Waals surface area (Å²) in [7, 11) is 1.47. The molecule has 0 radical (unpaired) electrons. The number of aliphatic hydroxyl groups excluding tert-OH is 5. The van der Waals surface area contributed by atoms with Crippen LogP contribution >= 0.6 is 0 Å². The van der Waals surface area contributed by atoms with E-state index in [0.29, 0.717) is 12.0 Å². The van der Waals surface area contributed by atoms with E-state index in [2.05, 4.69) is 0 Å². The third-order valence-electron chi connectivity index (χ3n) is 7.96. The third kappa shape index (κ3) is 10.5. The van der Waals surface area contributed by atoms with Crippen LogP contribution in [0.2, 0.25) is 0 Å². The van der Waals surface area contributed by atoms with E-state index in [1.54, 1.807) is 39.0 Å². The topological polar surface area (TPSA) is 155 Å². The van der Waals surface area contributed by atoms with Crippen LogP contribution in [0.3, 0.4) is 0 Å². The van der Waals surface area contributed by atoms with E-state index in [1.807, 2.05) is 45.9 Å². The molecule has 0 unspecified atom stereocenters. The molecule has 10 heteroatoms. The first kappa shape index (κ1) is 37.0. The van der Waals surface area contributed by atoms with Gasteiger partial charge >= 0.3 is 5.97 Å². The van der Waals surface area contributed by atoms with Gasteiger partial charge in [0.2, 0.25) is 0 Å². The van der Waals surface area contributed by atoms with Crippen LogP contribution < -0.4 is 0 Å².